The van der Waals surface area contributed by atoms with Gasteiger partial charge in [0.2, 0.25) is 0 Å². The Morgan fingerprint density at radius 2 is 2.30 bits per heavy atom. The Hall–Kier alpha value is -1.49. The van der Waals surface area contributed by atoms with Gasteiger partial charge in [0.1, 0.15) is 0 Å². The molecule has 0 aromatic carbocycles. The van der Waals surface area contributed by atoms with Gasteiger partial charge in [0.25, 0.3) is 0 Å². The van der Waals surface area contributed by atoms with Crippen molar-refractivity contribution in [1.29, 1.82) is 0 Å². The van der Waals surface area contributed by atoms with Crippen molar-refractivity contribution in [3.63, 3.8) is 0 Å². The smallest absolute Gasteiger partial charge is 0.183 e. The van der Waals surface area contributed by atoms with Gasteiger partial charge in [-0.1, -0.05) is 5.92 Å². The molecule has 10 heavy (non-hydrogen) atoms. The molecule has 0 amide bonds. The van der Waals surface area contributed by atoms with Crippen LogP contribution in [0.2, 0.25) is 0 Å². The van der Waals surface area contributed by atoms with Crippen LogP contribution in [0.5, 0.6) is 0 Å². The van der Waals surface area contributed by atoms with E-state index >= 15 is 0 Å². The number of hydrogen-bond acceptors (Lipinski definition) is 1. The highest BCUT2D eigenvalue weighted by atomic mass is 16.1. The number of aromatic nitrogens is 1. The predicted molar refractivity (Wildman–Crippen MR) is 39.7 cm³/mol. The first-order valence-electron chi connectivity index (χ1n) is 2.90. The molecule has 0 radical (unpaired) electrons. The summed E-state index contributed by atoms with van der Waals surface area (Å²) in [5, 5.41) is 0. The minimum Gasteiger partial charge on any atom is -0.352 e. The summed E-state index contributed by atoms with van der Waals surface area (Å²) in [6.07, 6.45) is 5.07. The Morgan fingerprint density at radius 3 is 2.80 bits per heavy atom. The highest BCUT2D eigenvalue weighted by Gasteiger charge is 1.89. The van der Waals surface area contributed by atoms with E-state index in [4.69, 9.17) is 6.42 Å². The van der Waals surface area contributed by atoms with Gasteiger partial charge < -0.3 is 4.98 Å². The first-order chi connectivity index (χ1) is 4.72. The van der Waals surface area contributed by atoms with Crippen molar-refractivity contribution in [3.05, 3.63) is 33.7 Å². The molecule has 0 unspecified atom stereocenters. The van der Waals surface area contributed by atoms with Crippen molar-refractivity contribution in [2.75, 3.05) is 0 Å². The SMILES string of the molecule is C#Cc1cc(=O)cc(C)[nH]1. The fourth-order valence-electron chi connectivity index (χ4n) is 0.760. The van der Waals surface area contributed by atoms with Crippen molar-refractivity contribution in [3.8, 4) is 12.3 Å². The lowest BCUT2D eigenvalue weighted by Crippen LogP contribution is -2.01. The third-order valence-corrected chi connectivity index (χ3v) is 1.13. The van der Waals surface area contributed by atoms with Crippen LogP contribution in [0.1, 0.15) is 11.4 Å². The molecule has 1 rings (SSSR count). The summed E-state index contributed by atoms with van der Waals surface area (Å²) in [7, 11) is 0. The second-order valence-corrected chi connectivity index (χ2v) is 2.06. The Bertz CT molecular complexity index is 330. The zero-order valence-electron chi connectivity index (χ0n) is 5.64. The minimum atomic E-state index is -0.0517. The molecule has 1 N–H and O–H groups in total. The van der Waals surface area contributed by atoms with E-state index in [1.54, 1.807) is 6.92 Å². The molecule has 0 aliphatic carbocycles. The molecule has 0 aliphatic heterocycles. The molecule has 0 spiro atoms. The summed E-state index contributed by atoms with van der Waals surface area (Å²) in [6.45, 7) is 1.79. The van der Waals surface area contributed by atoms with Crippen molar-refractivity contribution in [2.45, 2.75) is 6.92 Å². The van der Waals surface area contributed by atoms with E-state index < -0.39 is 0 Å². The zero-order valence-corrected chi connectivity index (χ0v) is 5.64. The lowest BCUT2D eigenvalue weighted by atomic mass is 10.3. The van der Waals surface area contributed by atoms with Gasteiger partial charge in [-0.15, -0.1) is 6.42 Å². The molecular weight excluding hydrogens is 126 g/mol. The summed E-state index contributed by atoms with van der Waals surface area (Å²) in [5.74, 6) is 2.35. The van der Waals surface area contributed by atoms with Gasteiger partial charge in [0, 0.05) is 17.8 Å². The van der Waals surface area contributed by atoms with Crippen molar-refractivity contribution in [1.82, 2.24) is 4.98 Å². The van der Waals surface area contributed by atoms with E-state index in [1.807, 2.05) is 0 Å². The fourth-order valence-corrected chi connectivity index (χ4v) is 0.760. The molecule has 0 fully saturated rings. The van der Waals surface area contributed by atoms with Crippen LogP contribution in [0.4, 0.5) is 0 Å². The van der Waals surface area contributed by atoms with Crippen molar-refractivity contribution >= 4 is 0 Å². The number of H-pyrrole nitrogens is 1. The minimum absolute atomic E-state index is 0.0517. The summed E-state index contributed by atoms with van der Waals surface area (Å²) in [4.78, 5) is 13.6. The van der Waals surface area contributed by atoms with Crippen molar-refractivity contribution in [2.24, 2.45) is 0 Å². The molecule has 0 saturated heterocycles. The molecule has 0 saturated carbocycles. The third kappa shape index (κ3) is 1.26. The van der Waals surface area contributed by atoms with Gasteiger partial charge in [-0.25, -0.2) is 0 Å². The van der Waals surface area contributed by atoms with Crippen LogP contribution in [0, 0.1) is 19.3 Å². The molecule has 2 heteroatoms. The largest absolute Gasteiger partial charge is 0.352 e. The number of pyridine rings is 1. The Morgan fingerprint density at radius 1 is 1.60 bits per heavy atom. The summed E-state index contributed by atoms with van der Waals surface area (Å²) in [6, 6.07) is 2.90. The lowest BCUT2D eigenvalue weighted by Gasteiger charge is -1.92. The quantitative estimate of drug-likeness (QED) is 0.518. The molecule has 0 aliphatic rings. The number of aromatic amines is 1. The normalized spacial score (nSPS) is 8.80. The van der Waals surface area contributed by atoms with Crippen LogP contribution >= 0.6 is 0 Å². The third-order valence-electron chi connectivity index (χ3n) is 1.13. The molecule has 0 bridgehead atoms. The molecule has 1 aromatic rings. The van der Waals surface area contributed by atoms with Gasteiger partial charge in [0.05, 0.1) is 5.69 Å². The number of hydrogen-bond donors (Lipinski definition) is 1. The predicted octanol–water partition coefficient (Wildman–Crippen LogP) is 0.665. The molecular formula is C8H7NO. The van der Waals surface area contributed by atoms with Crippen LogP contribution in [-0.4, -0.2) is 4.98 Å². The fraction of sp³-hybridized carbons (Fsp3) is 0.125. The molecule has 1 aromatic heterocycles. The Labute approximate surface area is 58.9 Å². The number of rotatable bonds is 0. The summed E-state index contributed by atoms with van der Waals surface area (Å²) < 4.78 is 0. The van der Waals surface area contributed by atoms with Crippen LogP contribution < -0.4 is 5.43 Å². The van der Waals surface area contributed by atoms with Gasteiger partial charge in [-0.05, 0) is 6.92 Å². The van der Waals surface area contributed by atoms with Gasteiger partial charge in [0.15, 0.2) is 5.43 Å². The van der Waals surface area contributed by atoms with Crippen LogP contribution in [-0.2, 0) is 0 Å². The standard InChI is InChI=1S/C8H7NO/c1-3-7-5-8(10)4-6(2)9-7/h1,4-5H,2H3,(H,9,10). The maximum absolute atomic E-state index is 10.8. The maximum atomic E-state index is 10.8. The van der Waals surface area contributed by atoms with E-state index in [9.17, 15) is 4.79 Å². The molecule has 50 valence electrons. The van der Waals surface area contributed by atoms with Crippen molar-refractivity contribution < 1.29 is 0 Å². The number of terminal acetylenes is 1. The average molecular weight is 133 g/mol. The lowest BCUT2D eigenvalue weighted by molar-refractivity contribution is 1.16. The summed E-state index contributed by atoms with van der Waals surface area (Å²) in [5.41, 5.74) is 1.27. The number of aryl methyl sites for hydroxylation is 1. The topological polar surface area (TPSA) is 32.9 Å². The van der Waals surface area contributed by atoms with E-state index in [2.05, 4.69) is 10.9 Å². The maximum Gasteiger partial charge on any atom is 0.183 e. The summed E-state index contributed by atoms with van der Waals surface area (Å²) >= 11 is 0. The van der Waals surface area contributed by atoms with Crippen LogP contribution in [0.25, 0.3) is 0 Å². The van der Waals surface area contributed by atoms with Gasteiger partial charge >= 0.3 is 0 Å². The van der Waals surface area contributed by atoms with E-state index in [-0.39, 0.29) is 5.43 Å². The van der Waals surface area contributed by atoms with Crippen LogP contribution in [0.3, 0.4) is 0 Å². The van der Waals surface area contributed by atoms with E-state index in [0.29, 0.717) is 5.69 Å². The van der Waals surface area contributed by atoms with Gasteiger partial charge in [-0.3, -0.25) is 4.79 Å². The highest BCUT2D eigenvalue weighted by Crippen LogP contribution is 1.89. The van der Waals surface area contributed by atoms with E-state index in [0.717, 1.165) is 5.69 Å². The van der Waals surface area contributed by atoms with Crippen LogP contribution in [0.15, 0.2) is 16.9 Å². The average Bonchev–Trinajstić information content (AvgIpc) is 1.85. The number of nitrogens with one attached hydrogen (secondary N) is 1. The van der Waals surface area contributed by atoms with Gasteiger partial charge in [-0.2, -0.15) is 0 Å². The molecule has 0 atom stereocenters. The van der Waals surface area contributed by atoms with E-state index in [1.165, 1.54) is 12.1 Å². The first-order valence-corrected chi connectivity index (χ1v) is 2.90. The highest BCUT2D eigenvalue weighted by molar-refractivity contribution is 5.25. The monoisotopic (exact) mass is 133 g/mol. The second kappa shape index (κ2) is 2.40. The molecule has 1 heterocycles. The Balaban J connectivity index is 3.36. The first kappa shape index (κ1) is 6.63. The Kier molecular flexibility index (Phi) is 1.59. The second-order valence-electron chi connectivity index (χ2n) is 2.06. The molecule has 2 nitrogen and oxygen atoms in total. The zero-order chi connectivity index (χ0) is 7.56.